The summed E-state index contributed by atoms with van der Waals surface area (Å²) in [6.45, 7) is 0. The Hall–Kier alpha value is -1.38. The predicted octanol–water partition coefficient (Wildman–Crippen LogP) is 4.15. The zero-order chi connectivity index (χ0) is 12.3. The molecule has 0 heterocycles. The number of anilines is 1. The number of benzene rings is 2. The van der Waals surface area contributed by atoms with Gasteiger partial charge in [-0.15, -0.1) is 0 Å². The van der Waals surface area contributed by atoms with E-state index in [-0.39, 0.29) is 0 Å². The Labute approximate surface area is 112 Å². The molecule has 0 N–H and O–H groups in total. The van der Waals surface area contributed by atoms with Gasteiger partial charge in [0.25, 0.3) is 0 Å². The number of nitrogens with zero attached hydrogens (tertiary/aromatic N) is 1. The zero-order valence-electron chi connectivity index (χ0n) is 9.43. The van der Waals surface area contributed by atoms with Gasteiger partial charge in [-0.25, -0.2) is 0 Å². The third-order valence-electron chi connectivity index (χ3n) is 2.52. The number of halogens is 1. The highest BCUT2D eigenvalue weighted by molar-refractivity contribution is 7.81. The molecule has 0 fully saturated rings. The topological polar surface area (TPSA) is 3.24 Å². The van der Waals surface area contributed by atoms with Gasteiger partial charge in [0.2, 0.25) is 0 Å². The van der Waals surface area contributed by atoms with Gasteiger partial charge in [0.1, 0.15) is 4.99 Å². The number of para-hydroxylation sites is 1. The molecule has 0 bridgehead atoms. The van der Waals surface area contributed by atoms with Crippen molar-refractivity contribution in [3.8, 4) is 0 Å². The Morgan fingerprint density at radius 2 is 1.76 bits per heavy atom. The molecule has 0 radical (unpaired) electrons. The van der Waals surface area contributed by atoms with Crippen molar-refractivity contribution in [3.05, 3.63) is 65.2 Å². The van der Waals surface area contributed by atoms with E-state index in [4.69, 9.17) is 23.8 Å². The molecule has 0 spiro atoms. The van der Waals surface area contributed by atoms with Gasteiger partial charge >= 0.3 is 0 Å². The monoisotopic (exact) mass is 261 g/mol. The minimum absolute atomic E-state index is 0.700. The van der Waals surface area contributed by atoms with Crippen LogP contribution in [-0.4, -0.2) is 12.0 Å². The average Bonchev–Trinajstić information content (AvgIpc) is 2.38. The summed E-state index contributed by atoms with van der Waals surface area (Å²) in [4.78, 5) is 2.74. The lowest BCUT2D eigenvalue weighted by Gasteiger charge is -2.20. The molecule has 0 aliphatic heterocycles. The second-order valence-electron chi connectivity index (χ2n) is 3.71. The summed E-state index contributed by atoms with van der Waals surface area (Å²) in [7, 11) is 1.96. The van der Waals surface area contributed by atoms with E-state index >= 15 is 0 Å². The van der Waals surface area contributed by atoms with E-state index in [0.717, 1.165) is 16.2 Å². The van der Waals surface area contributed by atoms with Gasteiger partial charge in [0.15, 0.2) is 0 Å². The van der Waals surface area contributed by atoms with Gasteiger partial charge in [-0.1, -0.05) is 54.2 Å². The standard InChI is InChI=1S/C14H12ClNS/c1-16(13-8-3-2-4-9-13)14(17)11-6-5-7-12(15)10-11/h2-10H,1H3. The number of hydrogen-bond acceptors (Lipinski definition) is 1. The van der Waals surface area contributed by atoms with Crippen molar-refractivity contribution in [1.29, 1.82) is 0 Å². The van der Waals surface area contributed by atoms with Crippen LogP contribution in [0.3, 0.4) is 0 Å². The first-order valence-electron chi connectivity index (χ1n) is 5.27. The van der Waals surface area contributed by atoms with Crippen LogP contribution in [0.2, 0.25) is 5.02 Å². The third-order valence-corrected chi connectivity index (χ3v) is 3.26. The highest BCUT2D eigenvalue weighted by Crippen LogP contribution is 2.18. The third kappa shape index (κ3) is 2.84. The van der Waals surface area contributed by atoms with Crippen molar-refractivity contribution in [1.82, 2.24) is 0 Å². The summed E-state index contributed by atoms with van der Waals surface area (Å²) in [6.07, 6.45) is 0. The minimum atomic E-state index is 0.700. The van der Waals surface area contributed by atoms with Crippen LogP contribution in [0.25, 0.3) is 0 Å². The molecule has 0 saturated heterocycles. The molecule has 0 saturated carbocycles. The molecule has 2 aromatic rings. The quantitative estimate of drug-likeness (QED) is 0.747. The summed E-state index contributed by atoms with van der Waals surface area (Å²) in [5.41, 5.74) is 2.02. The Kier molecular flexibility index (Phi) is 3.77. The second-order valence-corrected chi connectivity index (χ2v) is 4.53. The SMILES string of the molecule is CN(C(=S)c1cccc(Cl)c1)c1ccccc1. The minimum Gasteiger partial charge on any atom is -0.335 e. The van der Waals surface area contributed by atoms with E-state index in [1.807, 2.05) is 66.5 Å². The molecule has 3 heteroatoms. The van der Waals surface area contributed by atoms with Crippen LogP contribution in [0.1, 0.15) is 5.56 Å². The predicted molar refractivity (Wildman–Crippen MR) is 78.0 cm³/mol. The van der Waals surface area contributed by atoms with Crippen molar-refractivity contribution in [2.45, 2.75) is 0 Å². The lowest BCUT2D eigenvalue weighted by molar-refractivity contribution is 1.28. The molecule has 0 aromatic heterocycles. The maximum Gasteiger partial charge on any atom is 0.113 e. The van der Waals surface area contributed by atoms with E-state index in [2.05, 4.69) is 0 Å². The van der Waals surface area contributed by atoms with Crippen molar-refractivity contribution in [3.63, 3.8) is 0 Å². The van der Waals surface area contributed by atoms with Gasteiger partial charge in [-0.05, 0) is 24.3 Å². The fourth-order valence-corrected chi connectivity index (χ4v) is 2.01. The van der Waals surface area contributed by atoms with Gasteiger partial charge in [0.05, 0.1) is 0 Å². The highest BCUT2D eigenvalue weighted by Gasteiger charge is 2.08. The Balaban J connectivity index is 2.27. The molecule has 0 amide bonds. The van der Waals surface area contributed by atoms with Crippen LogP contribution < -0.4 is 4.90 Å². The Bertz CT molecular complexity index is 525. The fourth-order valence-electron chi connectivity index (χ4n) is 1.58. The molecular formula is C14H12ClNS. The molecule has 17 heavy (non-hydrogen) atoms. The zero-order valence-corrected chi connectivity index (χ0v) is 11.0. The summed E-state index contributed by atoms with van der Waals surface area (Å²) in [5, 5.41) is 0.700. The molecule has 0 aliphatic rings. The van der Waals surface area contributed by atoms with Crippen LogP contribution in [0, 0.1) is 0 Å². The molecule has 2 rings (SSSR count). The number of thiocarbonyl (C=S) groups is 1. The average molecular weight is 262 g/mol. The van der Waals surface area contributed by atoms with E-state index in [1.165, 1.54) is 0 Å². The molecule has 2 aromatic carbocycles. The number of hydrogen-bond donors (Lipinski definition) is 0. The lowest BCUT2D eigenvalue weighted by atomic mass is 10.2. The summed E-state index contributed by atoms with van der Waals surface area (Å²) in [6, 6.07) is 17.6. The molecule has 86 valence electrons. The van der Waals surface area contributed by atoms with Crippen molar-refractivity contribution >= 4 is 34.5 Å². The van der Waals surface area contributed by atoms with Gasteiger partial charge in [-0.2, -0.15) is 0 Å². The van der Waals surface area contributed by atoms with Crippen molar-refractivity contribution < 1.29 is 0 Å². The molecule has 1 nitrogen and oxygen atoms in total. The smallest absolute Gasteiger partial charge is 0.113 e. The first-order valence-corrected chi connectivity index (χ1v) is 6.06. The van der Waals surface area contributed by atoms with Crippen LogP contribution in [0.5, 0.6) is 0 Å². The normalized spacial score (nSPS) is 10.0. The molecule has 0 unspecified atom stereocenters. The Morgan fingerprint density at radius 1 is 1.06 bits per heavy atom. The van der Waals surface area contributed by atoms with Crippen LogP contribution in [0.15, 0.2) is 54.6 Å². The molecule has 0 aliphatic carbocycles. The first-order chi connectivity index (χ1) is 8.18. The first kappa shape index (κ1) is 12.1. The van der Waals surface area contributed by atoms with Crippen molar-refractivity contribution in [2.24, 2.45) is 0 Å². The second kappa shape index (κ2) is 5.30. The van der Waals surface area contributed by atoms with E-state index in [9.17, 15) is 0 Å². The van der Waals surface area contributed by atoms with Crippen LogP contribution >= 0.6 is 23.8 Å². The summed E-state index contributed by atoms with van der Waals surface area (Å²) < 4.78 is 0. The lowest BCUT2D eigenvalue weighted by Crippen LogP contribution is -2.24. The highest BCUT2D eigenvalue weighted by atomic mass is 35.5. The Morgan fingerprint density at radius 3 is 2.41 bits per heavy atom. The molecular weight excluding hydrogens is 250 g/mol. The van der Waals surface area contributed by atoms with Crippen LogP contribution in [-0.2, 0) is 0 Å². The molecule has 0 atom stereocenters. The van der Waals surface area contributed by atoms with E-state index in [0.29, 0.717) is 5.02 Å². The maximum atomic E-state index is 5.96. The largest absolute Gasteiger partial charge is 0.335 e. The van der Waals surface area contributed by atoms with E-state index < -0.39 is 0 Å². The summed E-state index contributed by atoms with van der Waals surface area (Å²) >= 11 is 11.4. The van der Waals surface area contributed by atoms with Gasteiger partial charge < -0.3 is 4.90 Å². The van der Waals surface area contributed by atoms with Crippen molar-refractivity contribution in [2.75, 3.05) is 11.9 Å². The fraction of sp³-hybridized carbons (Fsp3) is 0.0714. The number of rotatable bonds is 2. The van der Waals surface area contributed by atoms with Gasteiger partial charge in [0, 0.05) is 23.3 Å². The summed E-state index contributed by atoms with van der Waals surface area (Å²) in [5.74, 6) is 0. The van der Waals surface area contributed by atoms with Crippen LogP contribution in [0.4, 0.5) is 5.69 Å². The van der Waals surface area contributed by atoms with Gasteiger partial charge in [-0.3, -0.25) is 0 Å². The van der Waals surface area contributed by atoms with E-state index in [1.54, 1.807) is 0 Å². The maximum absolute atomic E-state index is 5.96.